The van der Waals surface area contributed by atoms with E-state index in [1.54, 1.807) is 0 Å². The number of nitrogens with one attached hydrogen (secondary N) is 1. The highest BCUT2D eigenvalue weighted by molar-refractivity contribution is 6.17. The van der Waals surface area contributed by atoms with Crippen LogP contribution in [-0.2, 0) is 5.88 Å². The maximum absolute atomic E-state index is 13.0. The fourth-order valence-electron chi connectivity index (χ4n) is 1.69. The minimum Gasteiger partial charge on any atom is -0.491 e. The Bertz CT molecular complexity index is 463. The van der Waals surface area contributed by atoms with Crippen molar-refractivity contribution in [1.82, 2.24) is 5.32 Å². The molecule has 98 valence electrons. The zero-order valence-electron chi connectivity index (χ0n) is 9.58. The van der Waals surface area contributed by atoms with Crippen LogP contribution in [0.25, 0.3) is 0 Å². The number of amides is 1. The van der Waals surface area contributed by atoms with Crippen molar-refractivity contribution in [2.45, 2.75) is 24.3 Å². The summed E-state index contributed by atoms with van der Waals surface area (Å²) in [5.74, 6) is 0.263. The van der Waals surface area contributed by atoms with Crippen LogP contribution in [0.5, 0.6) is 5.75 Å². The number of carboxylic acid groups (broad SMARTS) is 1. The second-order valence-corrected chi connectivity index (χ2v) is 4.65. The number of hydrogen-bond acceptors (Lipinski definition) is 2. The van der Waals surface area contributed by atoms with Gasteiger partial charge in [0, 0.05) is 5.56 Å². The van der Waals surface area contributed by atoms with E-state index in [-0.39, 0.29) is 18.3 Å². The highest BCUT2D eigenvalue weighted by Gasteiger charge is 2.45. The van der Waals surface area contributed by atoms with Crippen molar-refractivity contribution in [1.29, 1.82) is 0 Å². The number of hydrogen-bond donors (Lipinski definition) is 2. The molecule has 0 aliphatic heterocycles. The second kappa shape index (κ2) is 5.02. The summed E-state index contributed by atoms with van der Waals surface area (Å²) in [4.78, 5) is 10.6. The third-order valence-electron chi connectivity index (χ3n) is 2.90. The smallest absolute Gasteiger partial charge is 0.405 e. The number of rotatable bonds is 5. The predicted molar refractivity (Wildman–Crippen MR) is 64.6 cm³/mol. The molecule has 1 aromatic carbocycles. The van der Waals surface area contributed by atoms with Crippen LogP contribution in [0.4, 0.5) is 9.18 Å². The molecule has 0 aromatic heterocycles. The Morgan fingerprint density at radius 1 is 1.56 bits per heavy atom. The lowest BCUT2D eigenvalue weighted by molar-refractivity contribution is 0.177. The molecular weight excluding hydrogens is 261 g/mol. The number of ether oxygens (including phenoxy) is 1. The van der Waals surface area contributed by atoms with Crippen LogP contribution in [0.3, 0.4) is 0 Å². The van der Waals surface area contributed by atoms with Gasteiger partial charge in [-0.15, -0.1) is 11.6 Å². The highest BCUT2D eigenvalue weighted by atomic mass is 35.5. The molecule has 0 spiro atoms. The number of benzene rings is 1. The van der Waals surface area contributed by atoms with Crippen molar-refractivity contribution < 1.29 is 19.0 Å². The van der Waals surface area contributed by atoms with Crippen molar-refractivity contribution in [3.05, 3.63) is 29.6 Å². The molecule has 0 heterocycles. The Morgan fingerprint density at radius 2 is 2.28 bits per heavy atom. The molecule has 0 unspecified atom stereocenters. The van der Waals surface area contributed by atoms with Gasteiger partial charge in [-0.1, -0.05) is 0 Å². The maximum atomic E-state index is 13.0. The number of halogens is 2. The van der Waals surface area contributed by atoms with Gasteiger partial charge in [-0.3, -0.25) is 0 Å². The van der Waals surface area contributed by atoms with Gasteiger partial charge in [-0.2, -0.15) is 0 Å². The molecule has 18 heavy (non-hydrogen) atoms. The van der Waals surface area contributed by atoms with Crippen molar-refractivity contribution in [2.75, 3.05) is 6.61 Å². The molecule has 6 heteroatoms. The minimum atomic E-state index is -1.06. The van der Waals surface area contributed by atoms with E-state index < -0.39 is 11.6 Å². The van der Waals surface area contributed by atoms with Crippen LogP contribution in [-0.4, -0.2) is 23.3 Å². The third kappa shape index (κ3) is 3.04. The monoisotopic (exact) mass is 273 g/mol. The maximum Gasteiger partial charge on any atom is 0.405 e. The van der Waals surface area contributed by atoms with Gasteiger partial charge in [0.1, 0.15) is 18.2 Å². The zero-order chi connectivity index (χ0) is 13.2. The van der Waals surface area contributed by atoms with E-state index in [2.05, 4.69) is 5.32 Å². The van der Waals surface area contributed by atoms with Crippen LogP contribution in [0.2, 0.25) is 0 Å². The first-order valence-electron chi connectivity index (χ1n) is 5.53. The molecule has 4 nitrogen and oxygen atoms in total. The summed E-state index contributed by atoms with van der Waals surface area (Å²) >= 11 is 5.70. The summed E-state index contributed by atoms with van der Waals surface area (Å²) < 4.78 is 18.5. The van der Waals surface area contributed by atoms with Crippen molar-refractivity contribution >= 4 is 17.7 Å². The first-order valence-corrected chi connectivity index (χ1v) is 6.06. The summed E-state index contributed by atoms with van der Waals surface area (Å²) in [6, 6.07) is 4.10. The molecular formula is C12H13ClFNO3. The van der Waals surface area contributed by atoms with Gasteiger partial charge < -0.3 is 15.2 Å². The summed E-state index contributed by atoms with van der Waals surface area (Å²) in [5, 5.41) is 11.1. The lowest BCUT2D eigenvalue weighted by Crippen LogP contribution is -2.40. The summed E-state index contributed by atoms with van der Waals surface area (Å²) in [5.41, 5.74) is 0.0619. The second-order valence-electron chi connectivity index (χ2n) is 4.38. The molecule has 1 aliphatic rings. The SMILES string of the molecule is O=C(O)NC1(COc2ccc(F)cc2CCl)CC1. The van der Waals surface area contributed by atoms with Gasteiger partial charge in [0.05, 0.1) is 11.4 Å². The van der Waals surface area contributed by atoms with Gasteiger partial charge in [0.15, 0.2) is 0 Å². The van der Waals surface area contributed by atoms with E-state index >= 15 is 0 Å². The molecule has 2 N–H and O–H groups in total. The van der Waals surface area contributed by atoms with E-state index in [1.807, 2.05) is 0 Å². The van der Waals surface area contributed by atoms with E-state index in [0.29, 0.717) is 11.3 Å². The van der Waals surface area contributed by atoms with Gasteiger partial charge in [-0.25, -0.2) is 9.18 Å². The molecule has 1 aliphatic carbocycles. The fourth-order valence-corrected chi connectivity index (χ4v) is 1.90. The summed E-state index contributed by atoms with van der Waals surface area (Å²) in [6.45, 7) is 0.231. The van der Waals surface area contributed by atoms with Crippen LogP contribution < -0.4 is 10.1 Å². The Kier molecular flexibility index (Phi) is 3.61. The normalized spacial score (nSPS) is 16.1. The first kappa shape index (κ1) is 13.0. The Hall–Kier alpha value is -1.49. The zero-order valence-corrected chi connectivity index (χ0v) is 10.3. The van der Waals surface area contributed by atoms with E-state index in [4.69, 9.17) is 21.4 Å². The molecule has 1 aromatic rings. The topological polar surface area (TPSA) is 58.6 Å². The van der Waals surface area contributed by atoms with Crippen LogP contribution >= 0.6 is 11.6 Å². The van der Waals surface area contributed by atoms with Crippen molar-refractivity contribution in [2.24, 2.45) is 0 Å². The average molecular weight is 274 g/mol. The first-order chi connectivity index (χ1) is 8.54. The largest absolute Gasteiger partial charge is 0.491 e. The summed E-state index contributed by atoms with van der Waals surface area (Å²) in [6.07, 6.45) is 0.431. The van der Waals surface area contributed by atoms with Crippen LogP contribution in [0.15, 0.2) is 18.2 Å². The standard InChI is InChI=1S/C12H13ClFNO3/c13-6-8-5-9(14)1-2-10(8)18-7-12(3-4-12)15-11(16)17/h1-2,5,15H,3-4,6-7H2,(H,16,17). The number of carbonyl (C=O) groups is 1. The van der Waals surface area contributed by atoms with Gasteiger partial charge in [-0.05, 0) is 31.0 Å². The third-order valence-corrected chi connectivity index (χ3v) is 3.18. The van der Waals surface area contributed by atoms with Gasteiger partial charge in [0.2, 0.25) is 0 Å². The summed E-state index contributed by atoms with van der Waals surface area (Å²) in [7, 11) is 0. The lowest BCUT2D eigenvalue weighted by Gasteiger charge is -2.17. The van der Waals surface area contributed by atoms with Crippen molar-refractivity contribution in [3.8, 4) is 5.75 Å². The molecule has 2 rings (SSSR count). The molecule has 1 amide bonds. The van der Waals surface area contributed by atoms with E-state index in [1.165, 1.54) is 18.2 Å². The molecule has 1 saturated carbocycles. The van der Waals surface area contributed by atoms with Gasteiger partial charge in [0.25, 0.3) is 0 Å². The molecule has 0 bridgehead atoms. The Morgan fingerprint density at radius 3 is 2.83 bits per heavy atom. The molecule has 1 fully saturated rings. The van der Waals surface area contributed by atoms with E-state index in [0.717, 1.165) is 12.8 Å². The number of alkyl halides is 1. The minimum absolute atomic E-state index is 0.145. The Labute approximate surface area is 109 Å². The highest BCUT2D eigenvalue weighted by Crippen LogP contribution is 2.36. The average Bonchev–Trinajstić information content (AvgIpc) is 3.06. The van der Waals surface area contributed by atoms with Gasteiger partial charge >= 0.3 is 6.09 Å². The molecule has 0 radical (unpaired) electrons. The predicted octanol–water partition coefficient (Wildman–Crippen LogP) is 2.74. The van der Waals surface area contributed by atoms with Crippen LogP contribution in [0, 0.1) is 5.82 Å². The Balaban J connectivity index is 2.00. The fraction of sp³-hybridized carbons (Fsp3) is 0.417. The van der Waals surface area contributed by atoms with E-state index in [9.17, 15) is 9.18 Å². The molecule has 0 atom stereocenters. The quantitative estimate of drug-likeness (QED) is 0.811. The van der Waals surface area contributed by atoms with Crippen molar-refractivity contribution in [3.63, 3.8) is 0 Å². The lowest BCUT2D eigenvalue weighted by atomic mass is 10.2. The van der Waals surface area contributed by atoms with Crippen LogP contribution in [0.1, 0.15) is 18.4 Å². The molecule has 0 saturated heterocycles.